The maximum Gasteiger partial charge on any atom is 0.312 e. The van der Waals surface area contributed by atoms with Gasteiger partial charge in [0.1, 0.15) is 17.2 Å². The predicted octanol–water partition coefficient (Wildman–Crippen LogP) is 2.26. The average molecular weight is 282 g/mol. The quantitative estimate of drug-likeness (QED) is 0.869. The lowest BCUT2D eigenvalue weighted by Gasteiger charge is -2.26. The highest BCUT2D eigenvalue weighted by Gasteiger charge is 2.44. The minimum absolute atomic E-state index is 0.0234. The number of benzene rings is 1. The molecule has 0 fully saturated rings. The fraction of sp³-hybridized carbons (Fsp3) is 0.429. The van der Waals surface area contributed by atoms with Gasteiger partial charge in [0.15, 0.2) is 0 Å². The number of hydrogen-bond acceptors (Lipinski definition) is 3. The fourth-order valence-electron chi connectivity index (χ4n) is 2.59. The number of fused-ring (bicyclic) bond motifs is 1. The first-order valence-corrected chi connectivity index (χ1v) is 6.15. The van der Waals surface area contributed by atoms with Crippen LogP contribution in [0.4, 0.5) is 4.39 Å². The molecule has 2 rings (SSSR count). The standard InChI is InChI=1S/C14H15FO5/c1-14(2)6-9(12(16)17)11(13(18)19)8-4-3-7(15)5-10(8)20-14/h3-5,9,11H,6H2,1-2H3,(H,16,17)(H,18,19). The van der Waals surface area contributed by atoms with Gasteiger partial charge < -0.3 is 14.9 Å². The van der Waals surface area contributed by atoms with E-state index in [2.05, 4.69) is 0 Å². The maximum absolute atomic E-state index is 13.3. The second-order valence-electron chi connectivity index (χ2n) is 5.51. The summed E-state index contributed by atoms with van der Waals surface area (Å²) in [5.41, 5.74) is -0.702. The molecule has 2 atom stereocenters. The van der Waals surface area contributed by atoms with E-state index in [0.29, 0.717) is 0 Å². The molecule has 1 aliphatic rings. The van der Waals surface area contributed by atoms with Gasteiger partial charge in [-0.2, -0.15) is 0 Å². The predicted molar refractivity (Wildman–Crippen MR) is 67.2 cm³/mol. The van der Waals surface area contributed by atoms with Crippen molar-refractivity contribution in [1.29, 1.82) is 0 Å². The summed E-state index contributed by atoms with van der Waals surface area (Å²) < 4.78 is 18.9. The first-order valence-electron chi connectivity index (χ1n) is 6.15. The highest BCUT2D eigenvalue weighted by atomic mass is 19.1. The number of halogens is 1. The Bertz CT molecular complexity index is 567. The molecule has 0 aromatic heterocycles. The van der Waals surface area contributed by atoms with Crippen LogP contribution in [0.15, 0.2) is 18.2 Å². The Balaban J connectivity index is 2.63. The second-order valence-corrected chi connectivity index (χ2v) is 5.51. The molecule has 5 nitrogen and oxygen atoms in total. The highest BCUT2D eigenvalue weighted by molar-refractivity contribution is 5.85. The van der Waals surface area contributed by atoms with Gasteiger partial charge in [0.25, 0.3) is 0 Å². The number of aliphatic carboxylic acids is 2. The molecule has 6 heteroatoms. The molecule has 0 spiro atoms. The summed E-state index contributed by atoms with van der Waals surface area (Å²) in [6.45, 7) is 3.31. The maximum atomic E-state index is 13.3. The van der Waals surface area contributed by atoms with Crippen molar-refractivity contribution in [3.8, 4) is 5.75 Å². The molecule has 1 aliphatic heterocycles. The van der Waals surface area contributed by atoms with Crippen molar-refractivity contribution in [3.05, 3.63) is 29.6 Å². The van der Waals surface area contributed by atoms with Crippen LogP contribution in [0.3, 0.4) is 0 Å². The number of carboxylic acids is 2. The summed E-state index contributed by atoms with van der Waals surface area (Å²) in [5, 5.41) is 18.7. The molecule has 2 N–H and O–H groups in total. The van der Waals surface area contributed by atoms with Gasteiger partial charge in [-0.3, -0.25) is 9.59 Å². The van der Waals surface area contributed by atoms with Crippen molar-refractivity contribution in [3.63, 3.8) is 0 Å². The minimum Gasteiger partial charge on any atom is -0.487 e. The number of carboxylic acid groups (broad SMARTS) is 2. The van der Waals surface area contributed by atoms with Gasteiger partial charge in [-0.15, -0.1) is 0 Å². The zero-order valence-corrected chi connectivity index (χ0v) is 11.1. The van der Waals surface area contributed by atoms with E-state index in [0.717, 1.165) is 12.1 Å². The van der Waals surface area contributed by atoms with Crippen LogP contribution >= 0.6 is 0 Å². The van der Waals surface area contributed by atoms with Crippen LogP contribution in [-0.4, -0.2) is 27.8 Å². The Kier molecular flexibility index (Phi) is 3.41. The average Bonchev–Trinajstić information content (AvgIpc) is 2.40. The number of hydrogen-bond donors (Lipinski definition) is 2. The van der Waals surface area contributed by atoms with Crippen LogP contribution in [0.1, 0.15) is 31.7 Å². The molecule has 0 saturated carbocycles. The van der Waals surface area contributed by atoms with Crippen molar-refractivity contribution in [2.75, 3.05) is 0 Å². The molecule has 2 unspecified atom stereocenters. The van der Waals surface area contributed by atoms with Crippen molar-refractivity contribution >= 4 is 11.9 Å². The molecule has 20 heavy (non-hydrogen) atoms. The third-order valence-corrected chi connectivity index (χ3v) is 3.39. The van der Waals surface area contributed by atoms with Crippen molar-refractivity contribution in [2.24, 2.45) is 5.92 Å². The van der Waals surface area contributed by atoms with Gasteiger partial charge in [0.2, 0.25) is 0 Å². The number of rotatable bonds is 2. The van der Waals surface area contributed by atoms with Gasteiger partial charge in [-0.05, 0) is 19.9 Å². The smallest absolute Gasteiger partial charge is 0.312 e. The lowest BCUT2D eigenvalue weighted by Crippen LogP contribution is -2.35. The normalized spacial score (nSPS) is 24.1. The molecular weight excluding hydrogens is 267 g/mol. The summed E-state index contributed by atoms with van der Waals surface area (Å²) in [7, 11) is 0. The second kappa shape index (κ2) is 4.77. The van der Waals surface area contributed by atoms with Crippen molar-refractivity contribution in [1.82, 2.24) is 0 Å². The Morgan fingerprint density at radius 3 is 2.50 bits per heavy atom. The molecule has 0 radical (unpaired) electrons. The molecule has 1 aromatic rings. The zero-order valence-electron chi connectivity index (χ0n) is 11.1. The van der Waals surface area contributed by atoms with Crippen LogP contribution in [0, 0.1) is 11.7 Å². The third kappa shape index (κ3) is 2.59. The van der Waals surface area contributed by atoms with Crippen LogP contribution in [0.5, 0.6) is 5.75 Å². The van der Waals surface area contributed by atoms with E-state index in [-0.39, 0.29) is 17.7 Å². The molecule has 0 bridgehead atoms. The molecule has 1 heterocycles. The van der Waals surface area contributed by atoms with E-state index in [1.54, 1.807) is 13.8 Å². The van der Waals surface area contributed by atoms with E-state index in [9.17, 15) is 24.2 Å². The summed E-state index contributed by atoms with van der Waals surface area (Å²) in [5.74, 6) is -5.32. The largest absolute Gasteiger partial charge is 0.487 e. The number of ether oxygens (including phenoxy) is 1. The van der Waals surface area contributed by atoms with E-state index in [1.165, 1.54) is 6.07 Å². The molecule has 108 valence electrons. The monoisotopic (exact) mass is 282 g/mol. The van der Waals surface area contributed by atoms with E-state index >= 15 is 0 Å². The van der Waals surface area contributed by atoms with Gasteiger partial charge >= 0.3 is 11.9 Å². The zero-order chi connectivity index (χ0) is 15.1. The van der Waals surface area contributed by atoms with Gasteiger partial charge in [0.05, 0.1) is 11.8 Å². The molecule has 0 aliphatic carbocycles. The van der Waals surface area contributed by atoms with E-state index in [1.807, 2.05) is 0 Å². The lowest BCUT2D eigenvalue weighted by molar-refractivity contribution is -0.151. The topological polar surface area (TPSA) is 83.8 Å². The number of carbonyl (C=O) groups is 2. The Morgan fingerprint density at radius 1 is 1.30 bits per heavy atom. The van der Waals surface area contributed by atoms with E-state index in [4.69, 9.17) is 4.74 Å². The molecular formula is C14H15FO5. The first kappa shape index (κ1) is 14.3. The van der Waals surface area contributed by atoms with Crippen LogP contribution in [-0.2, 0) is 9.59 Å². The Hall–Kier alpha value is -2.11. The van der Waals surface area contributed by atoms with Crippen LogP contribution in [0.2, 0.25) is 0 Å². The van der Waals surface area contributed by atoms with E-state index < -0.39 is 35.2 Å². The molecule has 1 aromatic carbocycles. The van der Waals surface area contributed by atoms with Gasteiger partial charge in [0, 0.05) is 18.1 Å². The highest BCUT2D eigenvalue weighted by Crippen LogP contribution is 2.42. The Labute approximate surface area is 115 Å². The van der Waals surface area contributed by atoms with Crippen molar-refractivity contribution in [2.45, 2.75) is 31.8 Å². The summed E-state index contributed by atoms with van der Waals surface area (Å²) >= 11 is 0. The van der Waals surface area contributed by atoms with Gasteiger partial charge in [-0.25, -0.2) is 4.39 Å². The van der Waals surface area contributed by atoms with Crippen molar-refractivity contribution < 1.29 is 28.9 Å². The van der Waals surface area contributed by atoms with Crippen LogP contribution in [0.25, 0.3) is 0 Å². The minimum atomic E-state index is -1.26. The summed E-state index contributed by atoms with van der Waals surface area (Å²) in [6.07, 6.45) is 0.0234. The first-order chi connectivity index (χ1) is 9.21. The third-order valence-electron chi connectivity index (χ3n) is 3.39. The van der Waals surface area contributed by atoms with Crippen LogP contribution < -0.4 is 4.74 Å². The van der Waals surface area contributed by atoms with Gasteiger partial charge in [-0.1, -0.05) is 6.07 Å². The summed E-state index contributed by atoms with van der Waals surface area (Å²) in [4.78, 5) is 22.9. The SMILES string of the molecule is CC1(C)CC(C(=O)O)C(C(=O)O)c2ccc(F)cc2O1. The Morgan fingerprint density at radius 2 is 1.95 bits per heavy atom. The summed E-state index contributed by atoms with van der Waals surface area (Å²) in [6, 6.07) is 3.48. The molecule has 0 amide bonds. The molecule has 0 saturated heterocycles. The fourth-order valence-corrected chi connectivity index (χ4v) is 2.59. The lowest BCUT2D eigenvalue weighted by atomic mass is 9.81.